The number of carbonyl (C=O) groups excluding carboxylic acids is 2. The molecule has 1 aromatic heterocycles. The van der Waals surface area contributed by atoms with Crippen LogP contribution in [-0.2, 0) is 0 Å². The van der Waals surface area contributed by atoms with Gasteiger partial charge in [0.25, 0.3) is 11.8 Å². The van der Waals surface area contributed by atoms with E-state index in [1.165, 1.54) is 35.3 Å². The molecular weight excluding hydrogens is 377 g/mol. The van der Waals surface area contributed by atoms with Gasteiger partial charge in [0.05, 0.1) is 5.69 Å². The molecule has 3 aromatic rings. The minimum atomic E-state index is -4.48. The van der Waals surface area contributed by atoms with Gasteiger partial charge in [0.1, 0.15) is 12.9 Å². The Hall–Kier alpha value is -3.76. The second kappa shape index (κ2) is 7.86. The highest BCUT2D eigenvalue weighted by molar-refractivity contribution is 6.04. The zero-order valence-corrected chi connectivity index (χ0v) is 14.1. The number of nitrogens with zero attached hydrogens (tertiary/aromatic N) is 4. The largest absolute Gasteiger partial charge is 0.405 e. The number of hydrogen-bond donors (Lipinski definition) is 2. The fraction of sp³-hybridized carbons (Fsp3) is 0.118. The first-order valence-electron chi connectivity index (χ1n) is 7.92. The van der Waals surface area contributed by atoms with E-state index in [0.29, 0.717) is 16.9 Å². The average molecular weight is 390 g/mol. The number of nitrogens with one attached hydrogen (secondary N) is 2. The van der Waals surface area contributed by atoms with Crippen molar-refractivity contribution in [3.63, 3.8) is 0 Å². The molecule has 0 spiro atoms. The van der Waals surface area contributed by atoms with Crippen molar-refractivity contribution >= 4 is 17.5 Å². The molecule has 2 aromatic carbocycles. The van der Waals surface area contributed by atoms with Crippen LogP contribution >= 0.6 is 0 Å². The predicted octanol–water partition coefficient (Wildman–Crippen LogP) is 2.21. The van der Waals surface area contributed by atoms with Gasteiger partial charge < -0.3 is 10.6 Å². The van der Waals surface area contributed by atoms with Crippen LogP contribution in [0.15, 0.2) is 54.9 Å². The normalized spacial score (nSPS) is 11.1. The Labute approximate surface area is 156 Å². The highest BCUT2D eigenvalue weighted by Gasteiger charge is 2.27. The fourth-order valence-electron chi connectivity index (χ4n) is 2.24. The van der Waals surface area contributed by atoms with Crippen molar-refractivity contribution in [2.75, 3.05) is 11.9 Å². The third kappa shape index (κ3) is 4.90. The summed E-state index contributed by atoms with van der Waals surface area (Å²) in [7, 11) is 0. The molecule has 1 heterocycles. The molecule has 11 heteroatoms. The number of alkyl halides is 3. The van der Waals surface area contributed by atoms with E-state index in [1.54, 1.807) is 29.6 Å². The van der Waals surface area contributed by atoms with Gasteiger partial charge in [-0.2, -0.15) is 13.2 Å². The van der Waals surface area contributed by atoms with Crippen LogP contribution in [0.3, 0.4) is 0 Å². The smallest absolute Gasteiger partial charge is 0.343 e. The molecule has 2 amide bonds. The molecule has 0 aliphatic heterocycles. The van der Waals surface area contributed by atoms with E-state index in [-0.39, 0.29) is 5.56 Å². The van der Waals surface area contributed by atoms with Gasteiger partial charge >= 0.3 is 6.18 Å². The number of anilines is 1. The number of amides is 2. The van der Waals surface area contributed by atoms with Gasteiger partial charge in [0.15, 0.2) is 0 Å². The number of hydrogen-bond acceptors (Lipinski definition) is 5. The van der Waals surface area contributed by atoms with Gasteiger partial charge in [-0.1, -0.05) is 0 Å². The summed E-state index contributed by atoms with van der Waals surface area (Å²) in [6, 6.07) is 12.0. The van der Waals surface area contributed by atoms with E-state index in [9.17, 15) is 22.8 Å². The standard InChI is InChI=1S/C17H13F3N6O2/c18-17(19,20)9-21-15(27)11-1-5-13(6-2-11)23-16(28)12-3-7-14(8-4-12)26-10-22-24-25-26/h1-8,10H,9H2,(H,21,27)(H,23,28). The predicted molar refractivity (Wildman–Crippen MR) is 91.9 cm³/mol. The monoisotopic (exact) mass is 390 g/mol. The summed E-state index contributed by atoms with van der Waals surface area (Å²) in [6.45, 7) is -1.41. The van der Waals surface area contributed by atoms with Crippen LogP contribution in [0.2, 0.25) is 0 Å². The quantitative estimate of drug-likeness (QED) is 0.696. The Morgan fingerprint density at radius 3 is 2.11 bits per heavy atom. The highest BCUT2D eigenvalue weighted by atomic mass is 19.4. The number of carbonyl (C=O) groups is 2. The van der Waals surface area contributed by atoms with Crippen molar-refractivity contribution in [3.05, 3.63) is 66.0 Å². The minimum absolute atomic E-state index is 0.0491. The number of aromatic nitrogens is 4. The fourth-order valence-corrected chi connectivity index (χ4v) is 2.24. The Morgan fingerprint density at radius 1 is 0.929 bits per heavy atom. The molecule has 0 bridgehead atoms. The first kappa shape index (κ1) is 19.0. The second-order valence-corrected chi connectivity index (χ2v) is 5.63. The summed E-state index contributed by atoms with van der Waals surface area (Å²) in [6.07, 6.45) is -3.06. The molecule has 3 rings (SSSR count). The number of halogens is 3. The van der Waals surface area contributed by atoms with Crippen molar-refractivity contribution in [1.29, 1.82) is 0 Å². The van der Waals surface area contributed by atoms with Crippen molar-refractivity contribution in [2.24, 2.45) is 0 Å². The Bertz CT molecular complexity index is 954. The number of rotatable bonds is 5. The summed E-state index contributed by atoms with van der Waals surface area (Å²) >= 11 is 0. The lowest BCUT2D eigenvalue weighted by Gasteiger charge is -2.09. The summed E-state index contributed by atoms with van der Waals surface area (Å²) in [5, 5.41) is 15.2. The lowest BCUT2D eigenvalue weighted by Crippen LogP contribution is -2.33. The zero-order chi connectivity index (χ0) is 20.1. The maximum absolute atomic E-state index is 12.3. The van der Waals surface area contributed by atoms with Gasteiger partial charge in [-0.15, -0.1) is 5.10 Å². The Morgan fingerprint density at radius 2 is 1.54 bits per heavy atom. The van der Waals surface area contributed by atoms with Crippen molar-refractivity contribution in [2.45, 2.75) is 6.18 Å². The summed E-state index contributed by atoms with van der Waals surface area (Å²) in [5.74, 6) is -1.24. The summed E-state index contributed by atoms with van der Waals surface area (Å²) in [5.41, 5.74) is 1.49. The van der Waals surface area contributed by atoms with Gasteiger partial charge in [0, 0.05) is 16.8 Å². The van der Waals surface area contributed by atoms with Crippen molar-refractivity contribution in [3.8, 4) is 5.69 Å². The topological polar surface area (TPSA) is 102 Å². The maximum Gasteiger partial charge on any atom is 0.405 e. The lowest BCUT2D eigenvalue weighted by atomic mass is 10.1. The van der Waals surface area contributed by atoms with E-state index < -0.39 is 24.5 Å². The first-order chi connectivity index (χ1) is 13.3. The second-order valence-electron chi connectivity index (χ2n) is 5.63. The molecule has 0 atom stereocenters. The van der Waals surface area contributed by atoms with E-state index in [1.807, 2.05) is 0 Å². The SMILES string of the molecule is O=C(NCC(F)(F)F)c1ccc(NC(=O)c2ccc(-n3cnnn3)cc2)cc1. The molecule has 0 saturated heterocycles. The molecule has 28 heavy (non-hydrogen) atoms. The van der Waals surface area contributed by atoms with Crippen LogP contribution < -0.4 is 10.6 Å². The minimum Gasteiger partial charge on any atom is -0.343 e. The van der Waals surface area contributed by atoms with Crippen LogP contribution in [0, 0.1) is 0 Å². The average Bonchev–Trinajstić information content (AvgIpc) is 3.21. The zero-order valence-electron chi connectivity index (χ0n) is 14.1. The van der Waals surface area contributed by atoms with Crippen LogP contribution in [-0.4, -0.2) is 44.7 Å². The first-order valence-corrected chi connectivity index (χ1v) is 7.92. The Kier molecular flexibility index (Phi) is 5.34. The third-order valence-corrected chi connectivity index (χ3v) is 3.60. The maximum atomic E-state index is 12.3. The van der Waals surface area contributed by atoms with E-state index in [2.05, 4.69) is 20.8 Å². The molecule has 0 aliphatic rings. The number of tetrazole rings is 1. The molecule has 0 saturated carbocycles. The van der Waals surface area contributed by atoms with E-state index in [0.717, 1.165) is 0 Å². The molecule has 0 unspecified atom stereocenters. The number of benzene rings is 2. The van der Waals surface area contributed by atoms with Gasteiger partial charge in [-0.25, -0.2) is 4.68 Å². The summed E-state index contributed by atoms with van der Waals surface area (Å²) < 4.78 is 37.8. The lowest BCUT2D eigenvalue weighted by molar-refractivity contribution is -0.123. The molecule has 8 nitrogen and oxygen atoms in total. The van der Waals surface area contributed by atoms with Crippen LogP contribution in [0.1, 0.15) is 20.7 Å². The van der Waals surface area contributed by atoms with Crippen LogP contribution in [0.5, 0.6) is 0 Å². The molecule has 2 N–H and O–H groups in total. The summed E-state index contributed by atoms with van der Waals surface area (Å²) in [4.78, 5) is 23.9. The van der Waals surface area contributed by atoms with Crippen LogP contribution in [0.25, 0.3) is 5.69 Å². The Balaban J connectivity index is 1.60. The van der Waals surface area contributed by atoms with Crippen molar-refractivity contribution < 1.29 is 22.8 Å². The van der Waals surface area contributed by atoms with Gasteiger partial charge in [0.2, 0.25) is 0 Å². The molecule has 0 aliphatic carbocycles. The molecular formula is C17H13F3N6O2. The molecule has 144 valence electrons. The van der Waals surface area contributed by atoms with Crippen LogP contribution in [0.4, 0.5) is 18.9 Å². The van der Waals surface area contributed by atoms with Gasteiger partial charge in [-0.3, -0.25) is 9.59 Å². The van der Waals surface area contributed by atoms with E-state index >= 15 is 0 Å². The van der Waals surface area contributed by atoms with E-state index in [4.69, 9.17) is 0 Å². The molecule has 0 fully saturated rings. The van der Waals surface area contributed by atoms with Crippen molar-refractivity contribution in [1.82, 2.24) is 25.5 Å². The molecule has 0 radical (unpaired) electrons. The van der Waals surface area contributed by atoms with Gasteiger partial charge in [-0.05, 0) is 59.0 Å². The highest BCUT2D eigenvalue weighted by Crippen LogP contribution is 2.15. The third-order valence-electron chi connectivity index (χ3n) is 3.60.